The molecule has 0 aromatic heterocycles. The normalized spacial score (nSPS) is 15.8. The van der Waals surface area contributed by atoms with Crippen molar-refractivity contribution >= 4 is 39.1 Å². The number of carbonyl (C=O) groups is 1. The number of amides is 1. The fourth-order valence-corrected chi connectivity index (χ4v) is 4.89. The number of halogens is 1. The monoisotopic (exact) mass is 464 g/mol. The maximum absolute atomic E-state index is 12.9. The lowest BCUT2D eigenvalue weighted by Gasteiger charge is -2.20. The maximum Gasteiger partial charge on any atom is 0.265 e. The molecule has 2 aromatic carbocycles. The van der Waals surface area contributed by atoms with Gasteiger partial charge in [-0.05, 0) is 55.3 Å². The highest BCUT2D eigenvalue weighted by molar-refractivity contribution is 7.89. The summed E-state index contributed by atoms with van der Waals surface area (Å²) in [5.41, 5.74) is 6.78. The summed E-state index contributed by atoms with van der Waals surface area (Å²) in [6.45, 7) is 0.650. The summed E-state index contributed by atoms with van der Waals surface area (Å²) in [5.74, 6) is -0.382. The van der Waals surface area contributed by atoms with E-state index in [0.29, 0.717) is 29.4 Å². The van der Waals surface area contributed by atoms with E-state index in [1.165, 1.54) is 16.4 Å². The second kappa shape index (κ2) is 10.6. The number of oxime groups is 1. The number of benzene rings is 2. The van der Waals surface area contributed by atoms with E-state index in [1.54, 1.807) is 36.4 Å². The molecule has 1 fully saturated rings. The molecule has 1 aliphatic heterocycles. The van der Waals surface area contributed by atoms with Gasteiger partial charge in [-0.2, -0.15) is 4.31 Å². The number of anilines is 1. The van der Waals surface area contributed by atoms with Gasteiger partial charge in [-0.25, -0.2) is 8.42 Å². The highest BCUT2D eigenvalue weighted by Gasteiger charge is 2.25. The molecule has 0 atom stereocenters. The molecule has 3 N–H and O–H groups in total. The Hall–Kier alpha value is -2.62. The Morgan fingerprint density at radius 1 is 1.10 bits per heavy atom. The van der Waals surface area contributed by atoms with Crippen molar-refractivity contribution in [2.45, 2.75) is 30.6 Å². The number of nitrogens with two attached hydrogens (primary N) is 1. The quantitative estimate of drug-likeness (QED) is 0.371. The van der Waals surface area contributed by atoms with E-state index in [9.17, 15) is 13.2 Å². The zero-order valence-corrected chi connectivity index (χ0v) is 18.5. The molecule has 10 heteroatoms. The second-order valence-corrected chi connectivity index (χ2v) is 9.53. The van der Waals surface area contributed by atoms with Gasteiger partial charge in [0.15, 0.2) is 12.4 Å². The van der Waals surface area contributed by atoms with Gasteiger partial charge in [0.05, 0.1) is 4.90 Å². The first kappa shape index (κ1) is 23.1. The van der Waals surface area contributed by atoms with Crippen molar-refractivity contribution in [1.29, 1.82) is 0 Å². The molecule has 3 rings (SSSR count). The highest BCUT2D eigenvalue weighted by Crippen LogP contribution is 2.22. The van der Waals surface area contributed by atoms with Crippen LogP contribution in [0.4, 0.5) is 5.69 Å². The van der Waals surface area contributed by atoms with E-state index in [1.807, 2.05) is 0 Å². The van der Waals surface area contributed by atoms with Crippen molar-refractivity contribution < 1.29 is 18.0 Å². The van der Waals surface area contributed by atoms with Crippen LogP contribution < -0.4 is 11.1 Å². The fourth-order valence-electron chi connectivity index (χ4n) is 3.20. The molecule has 1 heterocycles. The van der Waals surface area contributed by atoms with Crippen LogP contribution in [0.3, 0.4) is 0 Å². The molecule has 8 nitrogen and oxygen atoms in total. The van der Waals surface area contributed by atoms with Crippen LogP contribution in [-0.2, 0) is 19.7 Å². The van der Waals surface area contributed by atoms with E-state index >= 15 is 0 Å². The zero-order valence-electron chi connectivity index (χ0n) is 17.0. The van der Waals surface area contributed by atoms with Crippen molar-refractivity contribution in [3.05, 3.63) is 59.1 Å². The van der Waals surface area contributed by atoms with Crippen LogP contribution in [0.15, 0.2) is 58.6 Å². The molecular formula is C21H25ClN4O4S. The number of hydrogen-bond donors (Lipinski definition) is 2. The van der Waals surface area contributed by atoms with E-state index in [0.717, 1.165) is 25.7 Å². The number of rotatable bonds is 7. The molecule has 0 unspecified atom stereocenters. The predicted molar refractivity (Wildman–Crippen MR) is 120 cm³/mol. The molecule has 0 bridgehead atoms. The van der Waals surface area contributed by atoms with Gasteiger partial charge in [0.25, 0.3) is 5.91 Å². The third kappa shape index (κ3) is 6.43. The Bertz CT molecular complexity index is 1030. The number of carbonyl (C=O) groups excluding carboxylic acids is 1. The van der Waals surface area contributed by atoms with Crippen molar-refractivity contribution in [3.63, 3.8) is 0 Å². The smallest absolute Gasteiger partial charge is 0.265 e. The molecular weight excluding hydrogens is 440 g/mol. The van der Waals surface area contributed by atoms with Gasteiger partial charge in [0, 0.05) is 29.4 Å². The average Bonchev–Trinajstić information content (AvgIpc) is 3.04. The Morgan fingerprint density at radius 2 is 1.77 bits per heavy atom. The predicted octanol–water partition coefficient (Wildman–Crippen LogP) is 3.18. The molecule has 2 aromatic rings. The number of nitrogens with one attached hydrogen (secondary N) is 1. The van der Waals surface area contributed by atoms with Gasteiger partial charge < -0.3 is 15.9 Å². The van der Waals surface area contributed by atoms with Gasteiger partial charge in [-0.1, -0.05) is 35.7 Å². The summed E-state index contributed by atoms with van der Waals surface area (Å²) >= 11 is 5.82. The molecule has 1 aliphatic rings. The summed E-state index contributed by atoms with van der Waals surface area (Å²) in [6.07, 6.45) is 3.78. The summed E-state index contributed by atoms with van der Waals surface area (Å²) in [5, 5.41) is 6.90. The van der Waals surface area contributed by atoms with Crippen molar-refractivity contribution in [2.75, 3.05) is 25.0 Å². The van der Waals surface area contributed by atoms with Crippen LogP contribution >= 0.6 is 11.6 Å². The van der Waals surface area contributed by atoms with Gasteiger partial charge in [-0.15, -0.1) is 0 Å². The SMILES string of the molecule is N/C(=N\OCC(=O)Nc1cccc(S(=O)(=O)N2CCCCCC2)c1)c1ccc(Cl)cc1. The Balaban J connectivity index is 1.59. The molecule has 1 saturated heterocycles. The van der Waals surface area contributed by atoms with Crippen LogP contribution in [0.5, 0.6) is 0 Å². The minimum atomic E-state index is -3.60. The standard InChI is InChI=1S/C21H25ClN4O4S/c22-17-10-8-16(9-11-17)21(23)25-30-15-20(27)24-18-6-5-7-19(14-18)31(28,29)26-12-3-1-2-4-13-26/h5-11,14H,1-4,12-13,15H2,(H2,23,25)(H,24,27). The zero-order chi connectivity index (χ0) is 22.3. The summed E-state index contributed by atoms with van der Waals surface area (Å²) < 4.78 is 27.4. The van der Waals surface area contributed by atoms with Crippen LogP contribution in [-0.4, -0.2) is 44.2 Å². The van der Waals surface area contributed by atoms with Crippen molar-refractivity contribution in [3.8, 4) is 0 Å². The van der Waals surface area contributed by atoms with E-state index in [-0.39, 0.29) is 17.3 Å². The van der Waals surface area contributed by atoms with Crippen molar-refractivity contribution in [2.24, 2.45) is 10.9 Å². The summed E-state index contributed by atoms with van der Waals surface area (Å²) in [4.78, 5) is 17.3. The lowest BCUT2D eigenvalue weighted by atomic mass is 10.2. The first-order valence-electron chi connectivity index (χ1n) is 9.98. The van der Waals surface area contributed by atoms with Crippen molar-refractivity contribution in [1.82, 2.24) is 4.31 Å². The molecule has 0 saturated carbocycles. The first-order chi connectivity index (χ1) is 14.9. The summed E-state index contributed by atoms with van der Waals surface area (Å²) in [7, 11) is -3.60. The number of nitrogens with zero attached hydrogens (tertiary/aromatic N) is 2. The van der Waals surface area contributed by atoms with Crippen LogP contribution in [0, 0.1) is 0 Å². The Labute approximate surface area is 187 Å². The van der Waals surface area contributed by atoms with Gasteiger partial charge in [0.1, 0.15) is 0 Å². The van der Waals surface area contributed by atoms with Crippen LogP contribution in [0.1, 0.15) is 31.2 Å². The van der Waals surface area contributed by atoms with Gasteiger partial charge in [0.2, 0.25) is 10.0 Å². The molecule has 0 spiro atoms. The molecule has 166 valence electrons. The molecule has 1 amide bonds. The second-order valence-electron chi connectivity index (χ2n) is 7.15. The van der Waals surface area contributed by atoms with Gasteiger partial charge in [-0.3, -0.25) is 4.79 Å². The van der Waals surface area contributed by atoms with E-state index < -0.39 is 15.9 Å². The Kier molecular flexibility index (Phi) is 7.89. The van der Waals surface area contributed by atoms with E-state index in [2.05, 4.69) is 10.5 Å². The molecule has 0 aliphatic carbocycles. The average molecular weight is 465 g/mol. The topological polar surface area (TPSA) is 114 Å². The van der Waals surface area contributed by atoms with E-state index in [4.69, 9.17) is 22.2 Å². The largest absolute Gasteiger partial charge is 0.384 e. The fraction of sp³-hybridized carbons (Fsp3) is 0.333. The third-order valence-electron chi connectivity index (χ3n) is 4.82. The third-order valence-corrected chi connectivity index (χ3v) is 6.97. The van der Waals surface area contributed by atoms with Crippen LogP contribution in [0.25, 0.3) is 0 Å². The molecule has 31 heavy (non-hydrogen) atoms. The maximum atomic E-state index is 12.9. The molecule has 0 radical (unpaired) electrons. The highest BCUT2D eigenvalue weighted by atomic mass is 35.5. The van der Waals surface area contributed by atoms with Crippen LogP contribution in [0.2, 0.25) is 5.02 Å². The lowest BCUT2D eigenvalue weighted by molar-refractivity contribution is -0.120. The minimum absolute atomic E-state index is 0.106. The minimum Gasteiger partial charge on any atom is -0.384 e. The lowest BCUT2D eigenvalue weighted by Crippen LogP contribution is -2.32. The number of amidine groups is 1. The van der Waals surface area contributed by atoms with Gasteiger partial charge >= 0.3 is 0 Å². The Morgan fingerprint density at radius 3 is 2.45 bits per heavy atom. The number of sulfonamides is 1. The number of hydrogen-bond acceptors (Lipinski definition) is 5. The first-order valence-corrected chi connectivity index (χ1v) is 11.8. The summed E-state index contributed by atoms with van der Waals surface area (Å²) in [6, 6.07) is 12.9.